The molecule has 0 aliphatic rings. The quantitative estimate of drug-likeness (QED) is 0.435. The minimum atomic E-state index is -0.955. The van der Waals surface area contributed by atoms with Gasteiger partial charge in [0.25, 0.3) is 0 Å². The molecule has 0 aromatic heterocycles. The van der Waals surface area contributed by atoms with E-state index in [0.717, 1.165) is 0 Å². The van der Waals surface area contributed by atoms with Crippen molar-refractivity contribution in [2.45, 2.75) is 25.8 Å². The third-order valence-electron chi connectivity index (χ3n) is 1.04. The number of rotatable bonds is 4. The highest BCUT2D eigenvalue weighted by Crippen LogP contribution is 1.91. The van der Waals surface area contributed by atoms with Crippen LogP contribution in [0.5, 0.6) is 0 Å². The lowest BCUT2D eigenvalue weighted by molar-refractivity contribution is -0.138. The SMILES string of the molecule is CC(N)=O.NCCC[C@H](N)C(=O)O. The summed E-state index contributed by atoms with van der Waals surface area (Å²) < 4.78 is 0. The highest BCUT2D eigenvalue weighted by molar-refractivity contribution is 5.72. The Bertz CT molecular complexity index is 157. The highest BCUT2D eigenvalue weighted by Gasteiger charge is 2.08. The predicted octanol–water partition coefficient (Wildman–Crippen LogP) is -1.37. The molecular formula is C7H17N3O3. The van der Waals surface area contributed by atoms with Crippen LogP contribution in [0.25, 0.3) is 0 Å². The van der Waals surface area contributed by atoms with Crippen LogP contribution in [0.4, 0.5) is 0 Å². The molecule has 0 aromatic carbocycles. The number of nitrogens with two attached hydrogens (primary N) is 3. The highest BCUT2D eigenvalue weighted by atomic mass is 16.4. The van der Waals surface area contributed by atoms with E-state index >= 15 is 0 Å². The van der Waals surface area contributed by atoms with Crippen LogP contribution in [0.2, 0.25) is 0 Å². The molecule has 0 rings (SSSR count). The van der Waals surface area contributed by atoms with E-state index in [1.165, 1.54) is 6.92 Å². The monoisotopic (exact) mass is 191 g/mol. The van der Waals surface area contributed by atoms with E-state index in [1.54, 1.807) is 0 Å². The van der Waals surface area contributed by atoms with Crippen LogP contribution in [-0.2, 0) is 9.59 Å². The van der Waals surface area contributed by atoms with Crippen molar-refractivity contribution >= 4 is 11.9 Å². The molecule has 0 unspecified atom stereocenters. The molecule has 0 saturated carbocycles. The molecule has 0 saturated heterocycles. The summed E-state index contributed by atoms with van der Waals surface area (Å²) in [6.45, 7) is 1.81. The van der Waals surface area contributed by atoms with Crippen molar-refractivity contribution in [1.29, 1.82) is 0 Å². The summed E-state index contributed by atoms with van der Waals surface area (Å²) in [5.41, 5.74) is 14.7. The zero-order valence-corrected chi connectivity index (χ0v) is 7.69. The zero-order valence-electron chi connectivity index (χ0n) is 7.69. The Morgan fingerprint density at radius 3 is 2.08 bits per heavy atom. The van der Waals surface area contributed by atoms with Crippen LogP contribution in [-0.4, -0.2) is 29.6 Å². The molecule has 0 aliphatic carbocycles. The van der Waals surface area contributed by atoms with Crippen LogP contribution in [0.15, 0.2) is 0 Å². The Morgan fingerprint density at radius 2 is 1.85 bits per heavy atom. The summed E-state index contributed by atoms with van der Waals surface area (Å²) >= 11 is 0. The summed E-state index contributed by atoms with van der Waals surface area (Å²) in [6.07, 6.45) is 1.14. The summed E-state index contributed by atoms with van der Waals surface area (Å²) in [4.78, 5) is 19.3. The molecule has 1 atom stereocenters. The maximum atomic E-state index is 10.0. The molecule has 13 heavy (non-hydrogen) atoms. The number of hydrogen-bond donors (Lipinski definition) is 4. The van der Waals surface area contributed by atoms with Gasteiger partial charge in [0, 0.05) is 6.92 Å². The van der Waals surface area contributed by atoms with Gasteiger partial charge in [-0.15, -0.1) is 0 Å². The molecule has 0 aliphatic heterocycles. The molecule has 1 amide bonds. The molecule has 0 fully saturated rings. The summed E-state index contributed by atoms with van der Waals surface area (Å²) in [6, 6.07) is -0.742. The number of aliphatic carboxylic acids is 1. The first-order chi connectivity index (χ1) is 5.91. The molecule has 78 valence electrons. The van der Waals surface area contributed by atoms with Crippen molar-refractivity contribution in [2.24, 2.45) is 17.2 Å². The molecule has 0 bridgehead atoms. The van der Waals surface area contributed by atoms with Gasteiger partial charge in [0.05, 0.1) is 0 Å². The number of primary amides is 1. The van der Waals surface area contributed by atoms with Gasteiger partial charge in [0.2, 0.25) is 5.91 Å². The predicted molar refractivity (Wildman–Crippen MR) is 48.8 cm³/mol. The van der Waals surface area contributed by atoms with Gasteiger partial charge in [-0.3, -0.25) is 9.59 Å². The second-order valence-corrected chi connectivity index (χ2v) is 2.49. The van der Waals surface area contributed by atoms with Gasteiger partial charge in [-0.05, 0) is 19.4 Å². The number of carboxylic acids is 1. The smallest absolute Gasteiger partial charge is 0.320 e. The third kappa shape index (κ3) is 18.1. The first kappa shape index (κ1) is 14.4. The second-order valence-electron chi connectivity index (χ2n) is 2.49. The van der Waals surface area contributed by atoms with Crippen molar-refractivity contribution in [3.63, 3.8) is 0 Å². The van der Waals surface area contributed by atoms with E-state index in [2.05, 4.69) is 5.73 Å². The maximum absolute atomic E-state index is 10.0. The van der Waals surface area contributed by atoms with Crippen LogP contribution in [0, 0.1) is 0 Å². The van der Waals surface area contributed by atoms with Crippen molar-refractivity contribution in [3.8, 4) is 0 Å². The summed E-state index contributed by atoms with van der Waals surface area (Å²) in [5, 5.41) is 8.24. The minimum Gasteiger partial charge on any atom is -0.480 e. The molecule has 0 aromatic rings. The number of hydrogen-bond acceptors (Lipinski definition) is 4. The molecule has 7 N–H and O–H groups in total. The van der Waals surface area contributed by atoms with Gasteiger partial charge in [-0.1, -0.05) is 0 Å². The molecule has 6 heteroatoms. The van der Waals surface area contributed by atoms with E-state index in [-0.39, 0.29) is 5.91 Å². The van der Waals surface area contributed by atoms with Gasteiger partial charge in [-0.2, -0.15) is 0 Å². The number of carboxylic acid groups (broad SMARTS) is 1. The van der Waals surface area contributed by atoms with Gasteiger partial charge >= 0.3 is 5.97 Å². The number of amides is 1. The lowest BCUT2D eigenvalue weighted by atomic mass is 10.2. The third-order valence-corrected chi connectivity index (χ3v) is 1.04. The van der Waals surface area contributed by atoms with E-state index in [4.69, 9.17) is 16.6 Å². The van der Waals surface area contributed by atoms with E-state index < -0.39 is 12.0 Å². The van der Waals surface area contributed by atoms with Gasteiger partial charge < -0.3 is 22.3 Å². The normalized spacial score (nSPS) is 11.0. The second kappa shape index (κ2) is 8.95. The van der Waals surface area contributed by atoms with Crippen molar-refractivity contribution in [1.82, 2.24) is 0 Å². The molecule has 0 spiro atoms. The molecular weight excluding hydrogens is 174 g/mol. The van der Waals surface area contributed by atoms with Crippen LogP contribution in [0.1, 0.15) is 19.8 Å². The van der Waals surface area contributed by atoms with Gasteiger partial charge in [0.15, 0.2) is 0 Å². The standard InChI is InChI=1S/C5H12N2O2.C2H5NO/c6-3-1-2-4(7)5(8)9;1-2(3)4/h4H,1-3,6-7H2,(H,8,9);1H3,(H2,3,4)/t4-;/m0./s1. The Labute approximate surface area is 77.1 Å². The molecule has 0 radical (unpaired) electrons. The minimum absolute atomic E-state index is 0.333. The van der Waals surface area contributed by atoms with Crippen molar-refractivity contribution in [3.05, 3.63) is 0 Å². The lowest BCUT2D eigenvalue weighted by Crippen LogP contribution is -2.30. The lowest BCUT2D eigenvalue weighted by Gasteiger charge is -2.02. The zero-order chi connectivity index (χ0) is 10.9. The number of carbonyl (C=O) groups excluding carboxylic acids is 1. The first-order valence-corrected chi connectivity index (χ1v) is 3.86. The first-order valence-electron chi connectivity index (χ1n) is 3.86. The fourth-order valence-electron chi connectivity index (χ4n) is 0.461. The Balaban J connectivity index is 0. The van der Waals surface area contributed by atoms with E-state index in [1.807, 2.05) is 0 Å². The Morgan fingerprint density at radius 1 is 1.46 bits per heavy atom. The average molecular weight is 191 g/mol. The maximum Gasteiger partial charge on any atom is 0.320 e. The van der Waals surface area contributed by atoms with Crippen molar-refractivity contribution < 1.29 is 14.7 Å². The Hall–Kier alpha value is -1.14. The fraction of sp³-hybridized carbons (Fsp3) is 0.714. The van der Waals surface area contributed by atoms with Crippen LogP contribution < -0.4 is 17.2 Å². The fourth-order valence-corrected chi connectivity index (χ4v) is 0.461. The van der Waals surface area contributed by atoms with E-state index in [9.17, 15) is 9.59 Å². The summed E-state index contributed by atoms with van der Waals surface area (Å²) in [5.74, 6) is -1.29. The Kier molecular flexibility index (Phi) is 9.91. The molecule has 6 nitrogen and oxygen atoms in total. The summed E-state index contributed by atoms with van der Waals surface area (Å²) in [7, 11) is 0. The number of carbonyl (C=O) groups is 2. The van der Waals surface area contributed by atoms with Crippen LogP contribution >= 0.6 is 0 Å². The van der Waals surface area contributed by atoms with Crippen LogP contribution in [0.3, 0.4) is 0 Å². The van der Waals surface area contributed by atoms with Gasteiger partial charge in [-0.25, -0.2) is 0 Å². The van der Waals surface area contributed by atoms with Gasteiger partial charge in [0.1, 0.15) is 6.04 Å². The molecule has 0 heterocycles. The largest absolute Gasteiger partial charge is 0.480 e. The van der Waals surface area contributed by atoms with E-state index in [0.29, 0.717) is 19.4 Å². The average Bonchev–Trinajstić information content (AvgIpc) is 1.98. The van der Waals surface area contributed by atoms with Crippen molar-refractivity contribution in [2.75, 3.05) is 6.54 Å². The topological polar surface area (TPSA) is 132 Å².